The van der Waals surface area contributed by atoms with Gasteiger partial charge in [-0.15, -0.1) is 0 Å². The van der Waals surface area contributed by atoms with Crippen molar-refractivity contribution in [3.8, 4) is 17.2 Å². The number of esters is 1. The number of carbonyl (C=O) groups excluding carboxylic acids is 3. The first-order valence-electron chi connectivity index (χ1n) is 12.0. The third-order valence-corrected chi connectivity index (χ3v) is 7.19. The molecule has 2 heterocycles. The number of rotatable bonds is 8. The summed E-state index contributed by atoms with van der Waals surface area (Å²) in [4.78, 5) is 42.4. The van der Waals surface area contributed by atoms with Crippen molar-refractivity contribution in [2.45, 2.75) is 38.8 Å². The normalized spacial score (nSPS) is 25.1. The average Bonchev–Trinajstić information content (AvgIpc) is 3.37. The van der Waals surface area contributed by atoms with Crippen LogP contribution >= 0.6 is 0 Å². The van der Waals surface area contributed by atoms with Crippen LogP contribution in [0.2, 0.25) is 0 Å². The van der Waals surface area contributed by atoms with E-state index in [9.17, 15) is 14.4 Å². The predicted molar refractivity (Wildman–Crippen MR) is 132 cm³/mol. The number of imide groups is 1. The molecule has 4 atom stereocenters. The minimum absolute atomic E-state index is 0.151. The van der Waals surface area contributed by atoms with Crippen molar-refractivity contribution in [3.63, 3.8) is 0 Å². The molecular weight excluding hydrogens is 464 g/mol. The number of hydrogen-bond acceptors (Lipinski definition) is 8. The van der Waals surface area contributed by atoms with E-state index in [0.29, 0.717) is 28.5 Å². The van der Waals surface area contributed by atoms with Gasteiger partial charge in [-0.3, -0.25) is 19.7 Å². The molecule has 9 nitrogen and oxygen atoms in total. The Balaban J connectivity index is 1.89. The quantitative estimate of drug-likeness (QED) is 0.439. The van der Waals surface area contributed by atoms with Gasteiger partial charge < -0.3 is 18.9 Å². The molecule has 0 radical (unpaired) electrons. The summed E-state index contributed by atoms with van der Waals surface area (Å²) < 4.78 is 21.9. The molecule has 0 aliphatic carbocycles. The van der Waals surface area contributed by atoms with Gasteiger partial charge in [0.2, 0.25) is 17.6 Å². The van der Waals surface area contributed by atoms with Gasteiger partial charge in [-0.05, 0) is 50.1 Å². The van der Waals surface area contributed by atoms with Crippen molar-refractivity contribution < 1.29 is 33.3 Å². The maximum atomic E-state index is 13.9. The minimum atomic E-state index is -1.38. The molecule has 2 aromatic carbocycles. The van der Waals surface area contributed by atoms with E-state index < -0.39 is 35.3 Å². The number of benzene rings is 2. The highest BCUT2D eigenvalue weighted by Crippen LogP contribution is 2.53. The Morgan fingerprint density at radius 3 is 2.08 bits per heavy atom. The molecule has 0 aromatic heterocycles. The molecule has 0 unspecified atom stereocenters. The maximum absolute atomic E-state index is 13.9. The van der Waals surface area contributed by atoms with Crippen molar-refractivity contribution in [1.29, 1.82) is 0 Å². The molecule has 0 spiro atoms. The molecule has 2 aliphatic heterocycles. The standard InChI is InChI=1S/C27H32N2O7/c1-7-27(26(32)36-8-2)21-20(24(30)29(25(21)31)17-11-9-15(3)10-12-17)22(28-27)16-13-18(33-4)23(35-6)19(14-16)34-5/h9-14,20-22,28H,7-8H2,1-6H3/t20-,21+,22-,27+/m0/s1. The third-order valence-electron chi connectivity index (χ3n) is 7.19. The molecule has 0 bridgehead atoms. The molecule has 2 aromatic rings. The van der Waals surface area contributed by atoms with Gasteiger partial charge in [0.15, 0.2) is 11.5 Å². The lowest BCUT2D eigenvalue weighted by Gasteiger charge is -2.32. The summed E-state index contributed by atoms with van der Waals surface area (Å²) in [5.41, 5.74) is 0.732. The second kappa shape index (κ2) is 9.81. The number of methoxy groups -OCH3 is 3. The third kappa shape index (κ3) is 3.78. The van der Waals surface area contributed by atoms with Gasteiger partial charge >= 0.3 is 5.97 Å². The molecule has 2 saturated heterocycles. The van der Waals surface area contributed by atoms with Crippen LogP contribution in [0.15, 0.2) is 36.4 Å². The Labute approximate surface area is 210 Å². The largest absolute Gasteiger partial charge is 0.493 e. The highest BCUT2D eigenvalue weighted by Gasteiger charge is 2.68. The van der Waals surface area contributed by atoms with E-state index in [1.165, 1.54) is 26.2 Å². The van der Waals surface area contributed by atoms with Gasteiger partial charge in [0.25, 0.3) is 0 Å². The molecular formula is C27H32N2O7. The second-order valence-corrected chi connectivity index (χ2v) is 8.98. The number of ether oxygens (including phenoxy) is 4. The zero-order chi connectivity index (χ0) is 26.2. The van der Waals surface area contributed by atoms with Gasteiger partial charge in [0.05, 0.1) is 45.5 Å². The zero-order valence-electron chi connectivity index (χ0n) is 21.4. The Morgan fingerprint density at radius 2 is 1.58 bits per heavy atom. The van der Waals surface area contributed by atoms with Crippen molar-refractivity contribution in [1.82, 2.24) is 5.32 Å². The number of amides is 2. The van der Waals surface area contributed by atoms with Crippen LogP contribution in [0.5, 0.6) is 17.2 Å². The fraction of sp³-hybridized carbons (Fsp3) is 0.444. The summed E-state index contributed by atoms with van der Waals surface area (Å²) in [6.45, 7) is 5.60. The lowest BCUT2D eigenvalue weighted by atomic mass is 9.78. The van der Waals surface area contributed by atoms with Gasteiger partial charge in [0, 0.05) is 6.04 Å². The predicted octanol–water partition coefficient (Wildman–Crippen LogP) is 3.18. The summed E-state index contributed by atoms with van der Waals surface area (Å²) in [6, 6.07) is 9.96. The molecule has 36 heavy (non-hydrogen) atoms. The van der Waals surface area contributed by atoms with Gasteiger partial charge in [-0.2, -0.15) is 0 Å². The van der Waals surface area contributed by atoms with Gasteiger partial charge in [0.1, 0.15) is 5.54 Å². The lowest BCUT2D eigenvalue weighted by molar-refractivity contribution is -0.154. The molecule has 0 saturated carbocycles. The van der Waals surface area contributed by atoms with E-state index in [4.69, 9.17) is 18.9 Å². The number of aryl methyl sites for hydroxylation is 1. The minimum Gasteiger partial charge on any atom is -0.493 e. The maximum Gasteiger partial charge on any atom is 0.327 e. The summed E-state index contributed by atoms with van der Waals surface area (Å²) in [7, 11) is 4.51. The van der Waals surface area contributed by atoms with E-state index in [2.05, 4.69) is 5.32 Å². The molecule has 2 amide bonds. The first kappa shape index (κ1) is 25.5. The van der Waals surface area contributed by atoms with Gasteiger partial charge in [-0.1, -0.05) is 24.6 Å². The lowest BCUT2D eigenvalue weighted by Crippen LogP contribution is -2.56. The number of hydrogen-bond donors (Lipinski definition) is 1. The van der Waals surface area contributed by atoms with Crippen molar-refractivity contribution in [2.75, 3.05) is 32.8 Å². The van der Waals surface area contributed by atoms with Crippen molar-refractivity contribution in [3.05, 3.63) is 47.5 Å². The van der Waals surface area contributed by atoms with E-state index in [-0.39, 0.29) is 18.9 Å². The smallest absolute Gasteiger partial charge is 0.327 e. The summed E-state index contributed by atoms with van der Waals surface area (Å²) in [5, 5.41) is 3.34. The molecule has 2 fully saturated rings. The zero-order valence-corrected chi connectivity index (χ0v) is 21.4. The Kier molecular flexibility index (Phi) is 6.95. The SMILES string of the molecule is CCOC(=O)[C@]1(CC)N[C@@H](c2cc(OC)c(OC)c(OC)c2)[C@H]2C(=O)N(c3ccc(C)cc3)C(=O)[C@@H]21. The highest BCUT2D eigenvalue weighted by atomic mass is 16.5. The Hall–Kier alpha value is -3.59. The number of anilines is 1. The fourth-order valence-electron chi connectivity index (χ4n) is 5.43. The molecule has 1 N–H and O–H groups in total. The molecule has 4 rings (SSSR count). The average molecular weight is 497 g/mol. The number of fused-ring (bicyclic) bond motifs is 1. The van der Waals surface area contributed by atoms with Crippen LogP contribution in [0.25, 0.3) is 0 Å². The van der Waals surface area contributed by atoms with Crippen LogP contribution in [-0.2, 0) is 19.1 Å². The van der Waals surface area contributed by atoms with Crippen LogP contribution in [0.4, 0.5) is 5.69 Å². The van der Waals surface area contributed by atoms with Crippen LogP contribution in [0, 0.1) is 18.8 Å². The van der Waals surface area contributed by atoms with Crippen LogP contribution in [-0.4, -0.2) is 51.3 Å². The van der Waals surface area contributed by atoms with Gasteiger partial charge in [-0.25, -0.2) is 4.90 Å². The van der Waals surface area contributed by atoms with E-state index >= 15 is 0 Å². The summed E-state index contributed by atoms with van der Waals surface area (Å²) in [6.07, 6.45) is 0.259. The topological polar surface area (TPSA) is 103 Å². The van der Waals surface area contributed by atoms with E-state index in [1.807, 2.05) is 26.0 Å². The summed E-state index contributed by atoms with van der Waals surface area (Å²) >= 11 is 0. The van der Waals surface area contributed by atoms with Crippen molar-refractivity contribution >= 4 is 23.5 Å². The fourth-order valence-corrected chi connectivity index (χ4v) is 5.43. The Morgan fingerprint density at radius 1 is 0.972 bits per heavy atom. The number of nitrogens with zero attached hydrogens (tertiary/aromatic N) is 1. The van der Waals surface area contributed by atoms with E-state index in [0.717, 1.165) is 5.56 Å². The number of carbonyl (C=O) groups is 3. The second-order valence-electron chi connectivity index (χ2n) is 8.98. The monoisotopic (exact) mass is 496 g/mol. The van der Waals surface area contributed by atoms with Crippen LogP contribution in [0.1, 0.15) is 37.4 Å². The first-order valence-corrected chi connectivity index (χ1v) is 12.0. The summed E-state index contributed by atoms with van der Waals surface area (Å²) in [5.74, 6) is -1.92. The first-order chi connectivity index (χ1) is 17.3. The van der Waals surface area contributed by atoms with Crippen molar-refractivity contribution in [2.24, 2.45) is 11.8 Å². The Bertz CT molecular complexity index is 1150. The van der Waals surface area contributed by atoms with Crippen LogP contribution < -0.4 is 24.4 Å². The highest BCUT2D eigenvalue weighted by molar-refractivity contribution is 6.24. The molecule has 192 valence electrons. The molecule has 9 heteroatoms. The molecule has 2 aliphatic rings. The van der Waals surface area contributed by atoms with E-state index in [1.54, 1.807) is 31.2 Å². The van der Waals surface area contributed by atoms with Crippen LogP contribution in [0.3, 0.4) is 0 Å². The number of nitrogens with one attached hydrogen (secondary N) is 1.